The maximum Gasteiger partial charge on any atom is 0.128 e. The molecule has 0 saturated carbocycles. The lowest BCUT2D eigenvalue weighted by atomic mass is 10.1. The van der Waals surface area contributed by atoms with Crippen molar-refractivity contribution in [3.8, 4) is 0 Å². The third-order valence-corrected chi connectivity index (χ3v) is 2.29. The molecule has 0 spiro atoms. The lowest BCUT2D eigenvalue weighted by Gasteiger charge is -2.04. The molecule has 1 unspecified atom stereocenters. The second-order valence-corrected chi connectivity index (χ2v) is 3.35. The second-order valence-electron chi connectivity index (χ2n) is 3.35. The minimum atomic E-state index is -0.125. The lowest BCUT2D eigenvalue weighted by molar-refractivity contribution is -0.108. The van der Waals surface area contributed by atoms with Crippen molar-refractivity contribution in [3.05, 3.63) is 42.1 Å². The van der Waals surface area contributed by atoms with E-state index in [0.717, 1.165) is 22.9 Å². The minimum absolute atomic E-state index is 0.125. The van der Waals surface area contributed by atoms with E-state index < -0.39 is 0 Å². The Balaban J connectivity index is 2.56. The van der Waals surface area contributed by atoms with Crippen molar-refractivity contribution in [3.63, 3.8) is 0 Å². The summed E-state index contributed by atoms with van der Waals surface area (Å²) in [6, 6.07) is 11.8. The predicted octanol–water partition coefficient (Wildman–Crippen LogP) is 2.54. The average molecular weight is 185 g/mol. The van der Waals surface area contributed by atoms with Crippen molar-refractivity contribution in [1.82, 2.24) is 4.98 Å². The van der Waals surface area contributed by atoms with Crippen LogP contribution in [0.25, 0.3) is 10.9 Å². The number of rotatable bonds is 2. The molecule has 0 aliphatic rings. The van der Waals surface area contributed by atoms with Gasteiger partial charge in [-0.15, -0.1) is 0 Å². The first-order valence-electron chi connectivity index (χ1n) is 4.62. The number of nitrogens with zero attached hydrogens (tertiary/aromatic N) is 1. The molecule has 2 heteroatoms. The van der Waals surface area contributed by atoms with Gasteiger partial charge in [0.05, 0.1) is 17.1 Å². The largest absolute Gasteiger partial charge is 0.303 e. The van der Waals surface area contributed by atoms with E-state index in [1.807, 2.05) is 43.3 Å². The van der Waals surface area contributed by atoms with Gasteiger partial charge in [-0.3, -0.25) is 4.98 Å². The van der Waals surface area contributed by atoms with Crippen LogP contribution in [0.4, 0.5) is 0 Å². The fourth-order valence-corrected chi connectivity index (χ4v) is 1.41. The number of benzene rings is 1. The Morgan fingerprint density at radius 3 is 2.79 bits per heavy atom. The molecule has 1 atom stereocenters. The first-order valence-corrected chi connectivity index (χ1v) is 4.62. The molecule has 1 aromatic carbocycles. The maximum absolute atomic E-state index is 10.6. The minimum Gasteiger partial charge on any atom is -0.303 e. The summed E-state index contributed by atoms with van der Waals surface area (Å²) >= 11 is 0. The van der Waals surface area contributed by atoms with Crippen LogP contribution in [-0.4, -0.2) is 11.3 Å². The van der Waals surface area contributed by atoms with Crippen LogP contribution in [0.1, 0.15) is 18.5 Å². The molecule has 0 amide bonds. The van der Waals surface area contributed by atoms with Crippen LogP contribution >= 0.6 is 0 Å². The van der Waals surface area contributed by atoms with Crippen molar-refractivity contribution < 1.29 is 4.79 Å². The highest BCUT2D eigenvalue weighted by atomic mass is 16.1. The first kappa shape index (κ1) is 8.88. The Morgan fingerprint density at radius 2 is 2.00 bits per heavy atom. The van der Waals surface area contributed by atoms with Gasteiger partial charge in [0, 0.05) is 5.39 Å². The van der Waals surface area contributed by atoms with E-state index in [4.69, 9.17) is 0 Å². The van der Waals surface area contributed by atoms with Gasteiger partial charge in [-0.05, 0) is 12.1 Å². The molecule has 1 aromatic heterocycles. The van der Waals surface area contributed by atoms with Crippen LogP contribution in [0, 0.1) is 0 Å². The zero-order valence-electron chi connectivity index (χ0n) is 7.97. The third-order valence-electron chi connectivity index (χ3n) is 2.29. The van der Waals surface area contributed by atoms with Gasteiger partial charge in [-0.25, -0.2) is 0 Å². The molecule has 70 valence electrons. The highest BCUT2D eigenvalue weighted by Gasteiger charge is 2.05. The highest BCUT2D eigenvalue weighted by molar-refractivity contribution is 5.79. The van der Waals surface area contributed by atoms with Crippen molar-refractivity contribution in [1.29, 1.82) is 0 Å². The zero-order valence-corrected chi connectivity index (χ0v) is 7.97. The van der Waals surface area contributed by atoms with Gasteiger partial charge in [-0.2, -0.15) is 0 Å². The molecule has 2 aromatic rings. The van der Waals surface area contributed by atoms with E-state index in [2.05, 4.69) is 4.98 Å². The molecule has 14 heavy (non-hydrogen) atoms. The van der Waals surface area contributed by atoms with Gasteiger partial charge < -0.3 is 4.79 Å². The van der Waals surface area contributed by atoms with Crippen LogP contribution < -0.4 is 0 Å². The van der Waals surface area contributed by atoms with Crippen LogP contribution in [0.5, 0.6) is 0 Å². The average Bonchev–Trinajstić information content (AvgIpc) is 2.27. The van der Waals surface area contributed by atoms with E-state index in [0.29, 0.717) is 0 Å². The molecular formula is C12H11NO. The number of pyridine rings is 1. The number of aromatic nitrogens is 1. The SMILES string of the molecule is CC(C=O)c1ccc2ccccc2n1. The molecule has 2 rings (SSSR count). The van der Waals surface area contributed by atoms with Crippen LogP contribution in [0.15, 0.2) is 36.4 Å². The molecule has 0 fully saturated rings. The lowest BCUT2D eigenvalue weighted by Crippen LogP contribution is -1.97. The number of fused-ring (bicyclic) bond motifs is 1. The van der Waals surface area contributed by atoms with Crippen LogP contribution in [-0.2, 0) is 4.79 Å². The van der Waals surface area contributed by atoms with Crippen molar-refractivity contribution in [2.45, 2.75) is 12.8 Å². The number of hydrogen-bond acceptors (Lipinski definition) is 2. The summed E-state index contributed by atoms with van der Waals surface area (Å²) in [7, 11) is 0. The van der Waals surface area contributed by atoms with E-state index in [1.165, 1.54) is 0 Å². The van der Waals surface area contributed by atoms with Crippen molar-refractivity contribution >= 4 is 17.2 Å². The molecule has 0 bridgehead atoms. The zero-order chi connectivity index (χ0) is 9.97. The number of carbonyl (C=O) groups is 1. The summed E-state index contributed by atoms with van der Waals surface area (Å²) in [5.74, 6) is -0.125. The van der Waals surface area contributed by atoms with E-state index in [-0.39, 0.29) is 5.92 Å². The molecular weight excluding hydrogens is 174 g/mol. The molecule has 0 aliphatic carbocycles. The van der Waals surface area contributed by atoms with E-state index in [9.17, 15) is 4.79 Å². The Labute approximate surface area is 82.6 Å². The molecule has 1 heterocycles. The van der Waals surface area contributed by atoms with Gasteiger partial charge in [0.1, 0.15) is 6.29 Å². The second kappa shape index (κ2) is 3.58. The molecule has 0 radical (unpaired) electrons. The van der Waals surface area contributed by atoms with Gasteiger partial charge in [0.2, 0.25) is 0 Å². The van der Waals surface area contributed by atoms with Crippen molar-refractivity contribution in [2.75, 3.05) is 0 Å². The summed E-state index contributed by atoms with van der Waals surface area (Å²) in [4.78, 5) is 15.0. The van der Waals surface area contributed by atoms with Gasteiger partial charge in [0.15, 0.2) is 0 Å². The Bertz CT molecular complexity index is 465. The number of hydrogen-bond donors (Lipinski definition) is 0. The Kier molecular flexibility index (Phi) is 2.27. The van der Waals surface area contributed by atoms with Gasteiger partial charge in [0.25, 0.3) is 0 Å². The molecule has 0 N–H and O–H groups in total. The summed E-state index contributed by atoms with van der Waals surface area (Å²) in [6.07, 6.45) is 0.914. The van der Waals surface area contributed by atoms with Gasteiger partial charge >= 0.3 is 0 Å². The normalized spacial score (nSPS) is 12.6. The Hall–Kier alpha value is -1.70. The topological polar surface area (TPSA) is 30.0 Å². The van der Waals surface area contributed by atoms with Crippen LogP contribution in [0.3, 0.4) is 0 Å². The molecule has 0 saturated heterocycles. The molecule has 2 nitrogen and oxygen atoms in total. The monoisotopic (exact) mass is 185 g/mol. The van der Waals surface area contributed by atoms with E-state index >= 15 is 0 Å². The fourth-order valence-electron chi connectivity index (χ4n) is 1.41. The maximum atomic E-state index is 10.6. The predicted molar refractivity (Wildman–Crippen MR) is 56.2 cm³/mol. The van der Waals surface area contributed by atoms with Crippen molar-refractivity contribution in [2.24, 2.45) is 0 Å². The quantitative estimate of drug-likeness (QED) is 0.673. The molecule has 0 aliphatic heterocycles. The smallest absolute Gasteiger partial charge is 0.128 e. The number of aldehydes is 1. The third kappa shape index (κ3) is 1.51. The van der Waals surface area contributed by atoms with Gasteiger partial charge in [-0.1, -0.05) is 31.2 Å². The van der Waals surface area contributed by atoms with Crippen LogP contribution in [0.2, 0.25) is 0 Å². The van der Waals surface area contributed by atoms with E-state index in [1.54, 1.807) is 0 Å². The Morgan fingerprint density at radius 1 is 1.21 bits per heavy atom. The first-order chi connectivity index (χ1) is 6.81. The summed E-state index contributed by atoms with van der Waals surface area (Å²) < 4.78 is 0. The number of carbonyl (C=O) groups excluding carboxylic acids is 1. The summed E-state index contributed by atoms with van der Waals surface area (Å²) in [5.41, 5.74) is 1.78. The fraction of sp³-hybridized carbons (Fsp3) is 0.167. The standard InChI is InChI=1S/C12H11NO/c1-9(8-14)11-7-6-10-4-2-3-5-12(10)13-11/h2-9H,1H3. The highest BCUT2D eigenvalue weighted by Crippen LogP contribution is 2.16. The number of para-hydroxylation sites is 1. The summed E-state index contributed by atoms with van der Waals surface area (Å²) in [5, 5.41) is 1.11. The summed E-state index contributed by atoms with van der Waals surface area (Å²) in [6.45, 7) is 1.85.